The Labute approximate surface area is 391 Å². The number of hydrogen-bond acceptors (Lipinski definition) is 14. The number of carbonyl (C=O) groups excluding carboxylic acids is 9. The molecule has 25 nitrogen and oxygen atoms in total. The molecule has 372 valence electrons. The highest BCUT2D eigenvalue weighted by Crippen LogP contribution is 2.20. The summed E-state index contributed by atoms with van der Waals surface area (Å²) in [4.78, 5) is 129. The highest BCUT2D eigenvalue weighted by atomic mass is 32.2. The zero-order chi connectivity index (χ0) is 50.2. The second-order valence-corrected chi connectivity index (χ2v) is 17.0. The summed E-state index contributed by atoms with van der Waals surface area (Å²) in [6.07, 6.45) is 0.413. The second-order valence-electron chi connectivity index (χ2n) is 16.0. The number of carboxylic acids is 1. The van der Waals surface area contributed by atoms with Crippen LogP contribution in [0, 0.1) is 11.3 Å². The number of nitrogens with two attached hydrogens (primary N) is 3. The molecule has 1 aromatic rings. The average molecular weight is 964 g/mol. The van der Waals surface area contributed by atoms with Crippen LogP contribution in [-0.4, -0.2) is 167 Å². The molecule has 1 aliphatic heterocycles. The molecule has 1 aromatic carbocycles. The molecule has 1 saturated heterocycles. The quantitative estimate of drug-likeness (QED) is 0.0203. The van der Waals surface area contributed by atoms with Gasteiger partial charge < -0.3 is 74.8 Å². The molecule has 0 saturated carbocycles. The number of benzene rings is 1. The number of nitrogens with one attached hydrogen (secondary N) is 9. The average Bonchev–Trinajstić information content (AvgIpc) is 3.68. The molecule has 1 heterocycles. The highest BCUT2D eigenvalue weighted by molar-refractivity contribution is 7.98. The van der Waals surface area contributed by atoms with Gasteiger partial charge in [-0.2, -0.15) is 11.8 Å². The Hall–Kier alpha value is -6.54. The van der Waals surface area contributed by atoms with Gasteiger partial charge in [0.25, 0.3) is 0 Å². The van der Waals surface area contributed by atoms with Crippen molar-refractivity contribution in [2.24, 2.45) is 23.1 Å². The predicted molar refractivity (Wildman–Crippen MR) is 244 cm³/mol. The number of thioether (sulfide) groups is 1. The van der Waals surface area contributed by atoms with Crippen LogP contribution in [0.5, 0.6) is 0 Å². The number of aliphatic carboxylic acids is 1. The van der Waals surface area contributed by atoms with Crippen molar-refractivity contribution in [2.75, 3.05) is 44.7 Å². The van der Waals surface area contributed by atoms with Gasteiger partial charge in [0.15, 0.2) is 5.96 Å². The molecule has 0 bridgehead atoms. The van der Waals surface area contributed by atoms with Crippen molar-refractivity contribution < 1.29 is 58.2 Å². The van der Waals surface area contributed by atoms with Crippen molar-refractivity contribution in [1.29, 1.82) is 5.41 Å². The number of guanidine groups is 1. The lowest BCUT2D eigenvalue weighted by Gasteiger charge is -2.28. The lowest BCUT2D eigenvalue weighted by Crippen LogP contribution is -2.58. The molecule has 26 heteroatoms. The van der Waals surface area contributed by atoms with Crippen molar-refractivity contribution in [3.05, 3.63) is 35.9 Å². The largest absolute Gasteiger partial charge is 0.480 e. The van der Waals surface area contributed by atoms with E-state index in [1.54, 1.807) is 50.4 Å². The van der Waals surface area contributed by atoms with Gasteiger partial charge >= 0.3 is 5.97 Å². The molecule has 0 radical (unpaired) electrons. The zero-order valence-corrected chi connectivity index (χ0v) is 38.6. The third-order valence-corrected chi connectivity index (χ3v) is 10.9. The Morgan fingerprint density at radius 2 is 1.37 bits per heavy atom. The van der Waals surface area contributed by atoms with Crippen LogP contribution < -0.4 is 59.7 Å². The molecule has 67 heavy (non-hydrogen) atoms. The minimum Gasteiger partial charge on any atom is -0.480 e. The Morgan fingerprint density at radius 3 is 1.96 bits per heavy atom. The number of nitrogens with zero attached hydrogens (tertiary/aromatic N) is 1. The molecule has 0 spiro atoms. The molecule has 0 aromatic heterocycles. The van der Waals surface area contributed by atoms with Gasteiger partial charge in [-0.05, 0) is 49.2 Å². The first-order valence-corrected chi connectivity index (χ1v) is 22.9. The second kappa shape index (κ2) is 29.2. The number of carbonyl (C=O) groups is 10. The van der Waals surface area contributed by atoms with Gasteiger partial charge in [0.2, 0.25) is 53.2 Å². The number of amides is 9. The fourth-order valence-corrected chi connectivity index (χ4v) is 7.14. The van der Waals surface area contributed by atoms with E-state index >= 15 is 0 Å². The molecular formula is C41H65N13O12S. The lowest BCUT2D eigenvalue weighted by molar-refractivity contribution is -0.142. The zero-order valence-electron chi connectivity index (χ0n) is 37.8. The Kier molecular flexibility index (Phi) is 24.6. The van der Waals surface area contributed by atoms with Crippen molar-refractivity contribution >= 4 is 76.9 Å². The highest BCUT2D eigenvalue weighted by Gasteiger charge is 2.42. The topological polar surface area (TPSA) is 413 Å². The van der Waals surface area contributed by atoms with Gasteiger partial charge in [0, 0.05) is 32.4 Å². The predicted octanol–water partition coefficient (Wildman–Crippen LogP) is -5.17. The number of hydrogen-bond donors (Lipinski definition) is 14. The summed E-state index contributed by atoms with van der Waals surface area (Å²) >= 11 is 1.38. The summed E-state index contributed by atoms with van der Waals surface area (Å²) < 4.78 is 0. The third kappa shape index (κ3) is 21.1. The number of likely N-dealkylation sites (tertiary alicyclic amines) is 1. The van der Waals surface area contributed by atoms with Gasteiger partial charge in [-0.15, -0.1) is 0 Å². The van der Waals surface area contributed by atoms with Crippen LogP contribution in [0.25, 0.3) is 0 Å². The fourth-order valence-electron chi connectivity index (χ4n) is 6.67. The Morgan fingerprint density at radius 1 is 0.776 bits per heavy atom. The minimum atomic E-state index is -1.43. The first-order chi connectivity index (χ1) is 31.6. The number of carboxylic acid groups (broad SMARTS) is 1. The van der Waals surface area contributed by atoms with E-state index in [0.29, 0.717) is 24.3 Å². The summed E-state index contributed by atoms with van der Waals surface area (Å²) in [5, 5.41) is 46.9. The number of β-amino-alcohol motifs (C(OH)–C–C–N with tert-alkyl or cyclic N) is 1. The van der Waals surface area contributed by atoms with Gasteiger partial charge in [-0.25, -0.2) is 4.79 Å². The number of rotatable bonds is 29. The van der Waals surface area contributed by atoms with E-state index in [1.807, 2.05) is 0 Å². The summed E-state index contributed by atoms with van der Waals surface area (Å²) in [6.45, 7) is 1.31. The molecule has 17 N–H and O–H groups in total. The monoisotopic (exact) mass is 963 g/mol. The van der Waals surface area contributed by atoms with Crippen LogP contribution in [-0.2, 0) is 54.4 Å². The van der Waals surface area contributed by atoms with Gasteiger partial charge in [0.05, 0.1) is 31.8 Å². The summed E-state index contributed by atoms with van der Waals surface area (Å²) in [7, 11) is 0. The molecular weight excluding hydrogens is 899 g/mol. The van der Waals surface area contributed by atoms with E-state index in [1.165, 1.54) is 11.8 Å². The molecule has 2 rings (SSSR count). The normalized spacial score (nSPS) is 16.5. The molecule has 1 fully saturated rings. The molecule has 9 amide bonds. The van der Waals surface area contributed by atoms with Crippen LogP contribution in [0.2, 0.25) is 0 Å². The van der Waals surface area contributed by atoms with E-state index in [2.05, 4.69) is 42.5 Å². The van der Waals surface area contributed by atoms with E-state index < -0.39 is 127 Å². The summed E-state index contributed by atoms with van der Waals surface area (Å²) in [5.41, 5.74) is 17.0. The summed E-state index contributed by atoms with van der Waals surface area (Å²) in [6, 6.07) is 1.23. The van der Waals surface area contributed by atoms with Crippen LogP contribution >= 0.6 is 11.8 Å². The summed E-state index contributed by atoms with van der Waals surface area (Å²) in [5.74, 6) is -8.77. The van der Waals surface area contributed by atoms with Crippen LogP contribution in [0.3, 0.4) is 0 Å². The minimum absolute atomic E-state index is 0.00441. The Bertz CT molecular complexity index is 1910. The maximum absolute atomic E-state index is 13.8. The Balaban J connectivity index is 2.02. The maximum Gasteiger partial charge on any atom is 0.326 e. The first-order valence-electron chi connectivity index (χ1n) is 21.5. The molecule has 1 aliphatic rings. The van der Waals surface area contributed by atoms with Crippen molar-refractivity contribution in [3.63, 3.8) is 0 Å². The molecule has 0 aliphatic carbocycles. The number of aliphatic hydroxyl groups is 1. The van der Waals surface area contributed by atoms with Crippen LogP contribution in [0.15, 0.2) is 30.3 Å². The molecule has 0 unspecified atom stereocenters. The van der Waals surface area contributed by atoms with Crippen LogP contribution in [0.1, 0.15) is 57.9 Å². The van der Waals surface area contributed by atoms with Crippen molar-refractivity contribution in [3.8, 4) is 0 Å². The third-order valence-electron chi connectivity index (χ3n) is 10.2. The van der Waals surface area contributed by atoms with Crippen molar-refractivity contribution in [2.45, 2.75) is 101 Å². The fraction of sp³-hybridized carbons (Fsp3) is 0.585. The maximum atomic E-state index is 13.8. The van der Waals surface area contributed by atoms with E-state index in [4.69, 9.17) is 22.6 Å². The van der Waals surface area contributed by atoms with Crippen LogP contribution in [0.4, 0.5) is 0 Å². The number of aliphatic hydroxyl groups excluding tert-OH is 1. The smallest absolute Gasteiger partial charge is 0.326 e. The SMILES string of the molecule is CSCC[C@H](NC(=O)[C@@H](NC(=O)CNC(=O)[C@@H]1C[C@@H](O)CN1C(=O)[C@H](CCC(N)=O)NC(=O)CNC(=O)[C@@H](N)CCCNC(=N)N)C(C)C)C(=O)NCC(=O)N[C@@H](Cc1ccccc1)C(=O)O. The lowest BCUT2D eigenvalue weighted by atomic mass is 10.0. The number of primary amides is 1. The standard InChI is InChI=1S/C41H65N13O12S/c1-22(2)34(38(63)52-26(13-15-67-3)36(61)48-19-32(58)51-28(40(65)66)16-23-8-5-4-6-9-23)53-33(59)20-49-37(62)29-17-24(55)21-54(29)39(64)27(11-12-30(43)56)50-31(57)18-47-35(60)25(42)10-7-14-46-41(44)45/h4-6,8-9,22,24-29,34,55H,7,10-21,42H2,1-3H3,(H2,43,56)(H,47,60)(H,48,61)(H,49,62)(H,50,57)(H,51,58)(H,52,63)(H,53,59)(H,65,66)(H4,44,45,46)/t24-,25+,26+,27+,28+,29+,34+/m1/s1. The van der Waals surface area contributed by atoms with E-state index in [9.17, 15) is 58.2 Å². The van der Waals surface area contributed by atoms with Gasteiger partial charge in [0.1, 0.15) is 30.2 Å². The van der Waals surface area contributed by atoms with Gasteiger partial charge in [-0.1, -0.05) is 44.2 Å². The van der Waals surface area contributed by atoms with E-state index in [0.717, 1.165) is 4.90 Å². The van der Waals surface area contributed by atoms with E-state index in [-0.39, 0.29) is 51.0 Å². The van der Waals surface area contributed by atoms with Crippen molar-refractivity contribution in [1.82, 2.24) is 47.4 Å². The first kappa shape index (κ1) is 56.6. The molecule has 7 atom stereocenters. The van der Waals surface area contributed by atoms with Gasteiger partial charge in [-0.3, -0.25) is 48.6 Å².